The smallest absolute Gasteiger partial charge is 0.222 e. The highest BCUT2D eigenvalue weighted by molar-refractivity contribution is 5.76. The molecule has 0 aromatic rings. The first-order valence-corrected chi connectivity index (χ1v) is 20.8. The van der Waals surface area contributed by atoms with Crippen LogP contribution in [0.2, 0.25) is 0 Å². The number of nitrogens with one attached hydrogen (secondary N) is 1. The lowest BCUT2D eigenvalue weighted by molar-refractivity contribution is -0.125. The maximum Gasteiger partial charge on any atom is 0.222 e. The Labute approximate surface area is 287 Å². The molecular weight excluding hydrogens is 570 g/mol. The van der Waals surface area contributed by atoms with Crippen molar-refractivity contribution in [3.05, 3.63) is 0 Å². The molecule has 5 nitrogen and oxygen atoms in total. The van der Waals surface area contributed by atoms with Gasteiger partial charge in [-0.15, -0.1) is 0 Å². The molecule has 0 saturated carbocycles. The van der Waals surface area contributed by atoms with E-state index in [4.69, 9.17) is 0 Å². The van der Waals surface area contributed by atoms with Crippen LogP contribution in [0.15, 0.2) is 0 Å². The van der Waals surface area contributed by atoms with E-state index in [0.717, 1.165) is 25.7 Å². The molecule has 3 atom stereocenters. The van der Waals surface area contributed by atoms with Gasteiger partial charge in [0.05, 0.1) is 31.3 Å². The van der Waals surface area contributed by atoms with Crippen LogP contribution in [-0.4, -0.2) is 46.1 Å². The second-order valence-electron chi connectivity index (χ2n) is 14.6. The summed E-state index contributed by atoms with van der Waals surface area (Å²) in [6.07, 6.45) is 40.6. The number of amides is 1. The molecule has 4 N–H and O–H groups in total. The summed E-state index contributed by atoms with van der Waals surface area (Å²) in [4.78, 5) is 12.4. The molecule has 0 aromatic carbocycles. The zero-order valence-corrected chi connectivity index (χ0v) is 31.2. The second kappa shape index (κ2) is 37.2. The molecule has 5 heteroatoms. The molecule has 3 unspecified atom stereocenters. The van der Waals surface area contributed by atoms with Gasteiger partial charge in [-0.2, -0.15) is 0 Å². The Bertz CT molecular complexity index is 601. The summed E-state index contributed by atoms with van der Waals surface area (Å²) in [5, 5.41) is 33.3. The summed E-state index contributed by atoms with van der Waals surface area (Å²) in [6, 6.07) is -0.651. The summed E-state index contributed by atoms with van der Waals surface area (Å²) in [6.45, 7) is 4.27. The van der Waals surface area contributed by atoms with Crippen molar-refractivity contribution in [2.75, 3.05) is 6.61 Å². The predicted octanol–water partition coefficient (Wildman–Crippen LogP) is 11.5. The third-order valence-electron chi connectivity index (χ3n) is 9.92. The summed E-state index contributed by atoms with van der Waals surface area (Å²) in [5.41, 5.74) is 0. The Kier molecular flexibility index (Phi) is 36.6. The van der Waals surface area contributed by atoms with Crippen LogP contribution in [0.4, 0.5) is 0 Å². The molecule has 0 aliphatic rings. The van der Waals surface area contributed by atoms with Crippen LogP contribution in [0, 0.1) is 0 Å². The van der Waals surface area contributed by atoms with E-state index in [1.54, 1.807) is 0 Å². The van der Waals surface area contributed by atoms with E-state index >= 15 is 0 Å². The Balaban J connectivity index is 3.60. The Morgan fingerprint density at radius 3 is 1.04 bits per heavy atom. The lowest BCUT2D eigenvalue weighted by Crippen LogP contribution is -2.46. The van der Waals surface area contributed by atoms with Gasteiger partial charge in [0.1, 0.15) is 0 Å². The molecule has 0 bridgehead atoms. The van der Waals surface area contributed by atoms with Crippen LogP contribution >= 0.6 is 0 Å². The van der Waals surface area contributed by atoms with Gasteiger partial charge in [-0.1, -0.05) is 213 Å². The number of rotatable bonds is 38. The molecule has 276 valence electrons. The molecule has 0 aromatic heterocycles. The normalized spacial score (nSPS) is 13.6. The molecule has 1 amide bonds. The summed E-state index contributed by atoms with van der Waals surface area (Å²) in [7, 11) is 0. The first-order valence-electron chi connectivity index (χ1n) is 20.8. The number of hydrogen-bond acceptors (Lipinski definition) is 4. The van der Waals surface area contributed by atoms with Crippen molar-refractivity contribution in [2.45, 2.75) is 250 Å². The van der Waals surface area contributed by atoms with Crippen LogP contribution in [0.3, 0.4) is 0 Å². The monoisotopic (exact) mass is 654 g/mol. The van der Waals surface area contributed by atoms with E-state index in [9.17, 15) is 20.1 Å². The summed E-state index contributed by atoms with van der Waals surface area (Å²) >= 11 is 0. The minimum atomic E-state index is -0.742. The van der Waals surface area contributed by atoms with Gasteiger partial charge in [0, 0.05) is 0 Å². The molecule has 0 radical (unpaired) electrons. The molecule has 0 rings (SSSR count). The molecule has 0 aliphatic heterocycles. The van der Waals surface area contributed by atoms with Crippen molar-refractivity contribution in [1.82, 2.24) is 5.32 Å². The highest BCUT2D eigenvalue weighted by atomic mass is 16.3. The average molecular weight is 654 g/mol. The van der Waals surface area contributed by atoms with Gasteiger partial charge < -0.3 is 20.6 Å². The van der Waals surface area contributed by atoms with E-state index < -0.39 is 18.2 Å². The molecule has 0 fully saturated rings. The van der Waals surface area contributed by atoms with Crippen LogP contribution in [-0.2, 0) is 4.79 Å². The van der Waals surface area contributed by atoms with Crippen molar-refractivity contribution >= 4 is 5.91 Å². The largest absolute Gasteiger partial charge is 0.394 e. The Morgan fingerprint density at radius 1 is 0.457 bits per heavy atom. The molecule has 46 heavy (non-hydrogen) atoms. The lowest BCUT2D eigenvalue weighted by Gasteiger charge is -2.23. The fraction of sp³-hybridized carbons (Fsp3) is 0.976. The highest BCUT2D eigenvalue weighted by Crippen LogP contribution is 2.17. The van der Waals surface area contributed by atoms with E-state index in [0.29, 0.717) is 12.8 Å². The van der Waals surface area contributed by atoms with Gasteiger partial charge in [0.25, 0.3) is 0 Å². The third-order valence-corrected chi connectivity index (χ3v) is 9.92. The topological polar surface area (TPSA) is 89.8 Å². The van der Waals surface area contributed by atoms with Crippen molar-refractivity contribution in [3.63, 3.8) is 0 Å². The second-order valence-corrected chi connectivity index (χ2v) is 14.6. The van der Waals surface area contributed by atoms with Gasteiger partial charge in [-0.05, 0) is 12.8 Å². The van der Waals surface area contributed by atoms with Crippen molar-refractivity contribution in [2.24, 2.45) is 0 Å². The van der Waals surface area contributed by atoms with E-state index in [1.165, 1.54) is 173 Å². The molecule has 0 spiro atoms. The van der Waals surface area contributed by atoms with E-state index in [1.807, 2.05) is 0 Å². The molecule has 0 heterocycles. The predicted molar refractivity (Wildman–Crippen MR) is 199 cm³/mol. The van der Waals surface area contributed by atoms with Crippen LogP contribution in [0.1, 0.15) is 232 Å². The average Bonchev–Trinajstić information content (AvgIpc) is 3.05. The van der Waals surface area contributed by atoms with E-state index in [2.05, 4.69) is 19.2 Å². The van der Waals surface area contributed by atoms with Gasteiger partial charge in [0.15, 0.2) is 0 Å². The van der Waals surface area contributed by atoms with Crippen LogP contribution in [0.5, 0.6) is 0 Å². The van der Waals surface area contributed by atoms with Crippen LogP contribution in [0.25, 0.3) is 0 Å². The van der Waals surface area contributed by atoms with E-state index in [-0.39, 0.29) is 18.9 Å². The first kappa shape index (κ1) is 45.3. The summed E-state index contributed by atoms with van der Waals surface area (Å²) < 4.78 is 0. The minimum absolute atomic E-state index is 0.0426. The van der Waals surface area contributed by atoms with Gasteiger partial charge in [-0.3, -0.25) is 4.79 Å². The maximum atomic E-state index is 12.4. The quantitative estimate of drug-likeness (QED) is 0.0499. The number of unbranched alkanes of at least 4 members (excludes halogenated alkanes) is 29. The highest BCUT2D eigenvalue weighted by Gasteiger charge is 2.21. The fourth-order valence-electron chi connectivity index (χ4n) is 6.70. The zero-order valence-electron chi connectivity index (χ0n) is 31.2. The van der Waals surface area contributed by atoms with Gasteiger partial charge in [-0.25, -0.2) is 0 Å². The lowest BCUT2D eigenvalue weighted by atomic mass is 10.0. The number of carbonyl (C=O) groups excluding carboxylic acids is 1. The van der Waals surface area contributed by atoms with Gasteiger partial charge in [0.2, 0.25) is 5.91 Å². The van der Waals surface area contributed by atoms with Crippen molar-refractivity contribution in [1.29, 1.82) is 0 Å². The first-order chi connectivity index (χ1) is 22.5. The van der Waals surface area contributed by atoms with Crippen molar-refractivity contribution < 1.29 is 20.1 Å². The summed E-state index contributed by atoms with van der Waals surface area (Å²) in [5.74, 6) is -0.279. The molecule has 0 saturated heterocycles. The number of aliphatic hydroxyl groups is 3. The number of aliphatic hydroxyl groups excluding tert-OH is 3. The maximum absolute atomic E-state index is 12.4. The molecule has 0 aliphatic carbocycles. The minimum Gasteiger partial charge on any atom is -0.394 e. The zero-order chi connectivity index (χ0) is 33.8. The SMILES string of the molecule is CCCCCCCCCCCCCCCCCCCC(O)CC(=O)NC(CO)C(O)CCCCCCCCCCCCCCCC. The number of hydrogen-bond donors (Lipinski definition) is 4. The van der Waals surface area contributed by atoms with Gasteiger partial charge >= 0.3 is 0 Å². The Morgan fingerprint density at radius 2 is 0.739 bits per heavy atom. The number of carbonyl (C=O) groups is 1. The standard InChI is InChI=1S/C41H83NO4/c1-3-5-7-9-11-13-15-17-19-20-21-22-24-26-28-30-32-34-38(44)36-41(46)42-39(37-43)40(45)35-33-31-29-27-25-23-18-16-14-12-10-8-6-4-2/h38-40,43-45H,3-37H2,1-2H3,(H,42,46). The molecular formula is C41H83NO4. The van der Waals surface area contributed by atoms with Crippen molar-refractivity contribution in [3.8, 4) is 0 Å². The third kappa shape index (κ3) is 33.3. The van der Waals surface area contributed by atoms with Crippen LogP contribution < -0.4 is 5.32 Å². The Hall–Kier alpha value is -0.650. The fourth-order valence-corrected chi connectivity index (χ4v) is 6.70.